The fourth-order valence-corrected chi connectivity index (χ4v) is 2.07. The average Bonchev–Trinajstić information content (AvgIpc) is 2.59. The standard InChI is InChI=1S/C17H21N3O2.2ClH/c1-18-8-3-9-20-17(21)15-10-14(11-19-12-15)13-4-6-16(22-2)7-5-13;;/h4-7,10-12,18H,3,8-9H2,1-2H3,(H,20,21);2*1H. The van der Waals surface area contributed by atoms with E-state index in [-0.39, 0.29) is 30.7 Å². The van der Waals surface area contributed by atoms with E-state index in [2.05, 4.69) is 15.6 Å². The fourth-order valence-electron chi connectivity index (χ4n) is 2.07. The van der Waals surface area contributed by atoms with Crippen molar-refractivity contribution < 1.29 is 9.53 Å². The Morgan fingerprint density at radius 2 is 1.79 bits per heavy atom. The molecule has 1 aromatic heterocycles. The van der Waals surface area contributed by atoms with E-state index >= 15 is 0 Å². The minimum Gasteiger partial charge on any atom is -0.497 e. The van der Waals surface area contributed by atoms with Crippen LogP contribution in [-0.4, -0.2) is 38.1 Å². The lowest BCUT2D eigenvalue weighted by atomic mass is 10.1. The van der Waals surface area contributed by atoms with E-state index in [9.17, 15) is 4.79 Å². The lowest BCUT2D eigenvalue weighted by molar-refractivity contribution is 0.0953. The second-order valence-electron chi connectivity index (χ2n) is 4.90. The molecule has 2 aromatic rings. The Labute approximate surface area is 155 Å². The minimum atomic E-state index is -0.0982. The number of rotatable bonds is 7. The summed E-state index contributed by atoms with van der Waals surface area (Å²) in [7, 11) is 3.53. The number of aromatic nitrogens is 1. The summed E-state index contributed by atoms with van der Waals surface area (Å²) in [6.45, 7) is 1.52. The number of nitrogens with one attached hydrogen (secondary N) is 2. The Morgan fingerprint density at radius 1 is 1.08 bits per heavy atom. The Bertz CT molecular complexity index is 621. The van der Waals surface area contributed by atoms with Crippen molar-refractivity contribution in [2.45, 2.75) is 6.42 Å². The number of halogens is 2. The molecule has 0 spiro atoms. The van der Waals surface area contributed by atoms with E-state index in [0.717, 1.165) is 29.8 Å². The van der Waals surface area contributed by atoms with Crippen LogP contribution in [0, 0.1) is 0 Å². The van der Waals surface area contributed by atoms with E-state index in [1.54, 1.807) is 19.5 Å². The number of hydrogen-bond acceptors (Lipinski definition) is 4. The number of nitrogens with zero attached hydrogens (tertiary/aromatic N) is 1. The molecule has 7 heteroatoms. The number of benzene rings is 1. The van der Waals surface area contributed by atoms with Gasteiger partial charge in [0.25, 0.3) is 5.91 Å². The zero-order valence-electron chi connectivity index (χ0n) is 13.7. The van der Waals surface area contributed by atoms with Crippen LogP contribution in [0.5, 0.6) is 5.75 Å². The Balaban J connectivity index is 0.00000264. The van der Waals surface area contributed by atoms with Gasteiger partial charge in [-0.3, -0.25) is 9.78 Å². The number of methoxy groups -OCH3 is 1. The smallest absolute Gasteiger partial charge is 0.252 e. The zero-order chi connectivity index (χ0) is 15.8. The normalized spacial score (nSPS) is 9.42. The molecule has 0 aliphatic rings. The van der Waals surface area contributed by atoms with Gasteiger partial charge in [0.2, 0.25) is 0 Å². The molecule has 5 nitrogen and oxygen atoms in total. The van der Waals surface area contributed by atoms with Gasteiger partial charge in [0.15, 0.2) is 0 Å². The number of hydrogen-bond donors (Lipinski definition) is 2. The number of carbonyl (C=O) groups is 1. The second-order valence-corrected chi connectivity index (χ2v) is 4.90. The molecule has 1 amide bonds. The van der Waals surface area contributed by atoms with Crippen molar-refractivity contribution in [1.82, 2.24) is 15.6 Å². The molecular weight excluding hydrogens is 349 g/mol. The summed E-state index contributed by atoms with van der Waals surface area (Å²) in [5.74, 6) is 0.703. The molecule has 0 unspecified atom stereocenters. The highest BCUT2D eigenvalue weighted by Gasteiger charge is 2.07. The largest absolute Gasteiger partial charge is 0.497 e. The van der Waals surface area contributed by atoms with Crippen LogP contribution in [0.25, 0.3) is 11.1 Å². The van der Waals surface area contributed by atoms with Crippen LogP contribution in [0.4, 0.5) is 0 Å². The molecule has 0 fully saturated rings. The molecule has 1 aromatic carbocycles. The first-order valence-corrected chi connectivity index (χ1v) is 7.27. The Morgan fingerprint density at radius 3 is 2.42 bits per heavy atom. The van der Waals surface area contributed by atoms with E-state index < -0.39 is 0 Å². The maximum atomic E-state index is 12.1. The molecule has 0 saturated heterocycles. The van der Waals surface area contributed by atoms with Crippen molar-refractivity contribution in [1.29, 1.82) is 0 Å². The second kappa shape index (κ2) is 11.7. The lowest BCUT2D eigenvalue weighted by Crippen LogP contribution is -2.26. The molecule has 0 saturated carbocycles. The third-order valence-electron chi connectivity index (χ3n) is 3.31. The number of amides is 1. The first-order valence-electron chi connectivity index (χ1n) is 7.27. The molecule has 0 atom stereocenters. The van der Waals surface area contributed by atoms with Crippen molar-refractivity contribution >= 4 is 30.7 Å². The average molecular weight is 372 g/mol. The van der Waals surface area contributed by atoms with Crippen LogP contribution in [0.15, 0.2) is 42.7 Å². The first-order chi connectivity index (χ1) is 10.7. The van der Waals surface area contributed by atoms with Crippen LogP contribution in [0.3, 0.4) is 0 Å². The van der Waals surface area contributed by atoms with Gasteiger partial charge in [-0.25, -0.2) is 0 Å². The van der Waals surface area contributed by atoms with Gasteiger partial charge in [-0.15, -0.1) is 24.8 Å². The fraction of sp³-hybridized carbons (Fsp3) is 0.294. The predicted molar refractivity (Wildman–Crippen MR) is 102 cm³/mol. The quantitative estimate of drug-likeness (QED) is 0.734. The van der Waals surface area contributed by atoms with E-state index in [1.165, 1.54) is 0 Å². The van der Waals surface area contributed by atoms with Crippen LogP contribution in [0.1, 0.15) is 16.8 Å². The van der Waals surface area contributed by atoms with Crippen molar-refractivity contribution in [3.05, 3.63) is 48.3 Å². The maximum absolute atomic E-state index is 12.1. The number of pyridine rings is 1. The van der Waals surface area contributed by atoms with Crippen molar-refractivity contribution in [2.75, 3.05) is 27.2 Å². The SMILES string of the molecule is CNCCCNC(=O)c1cncc(-c2ccc(OC)cc2)c1.Cl.Cl. The summed E-state index contributed by atoms with van der Waals surface area (Å²) in [6, 6.07) is 9.52. The van der Waals surface area contributed by atoms with Crippen LogP contribution < -0.4 is 15.4 Å². The lowest BCUT2D eigenvalue weighted by Gasteiger charge is -2.07. The monoisotopic (exact) mass is 371 g/mol. The highest BCUT2D eigenvalue weighted by molar-refractivity contribution is 5.95. The highest BCUT2D eigenvalue weighted by atomic mass is 35.5. The molecule has 1 heterocycles. The maximum Gasteiger partial charge on any atom is 0.252 e. The predicted octanol–water partition coefficient (Wildman–Crippen LogP) is 2.94. The van der Waals surface area contributed by atoms with Crippen molar-refractivity contribution in [3.8, 4) is 16.9 Å². The van der Waals surface area contributed by atoms with Gasteiger partial charge in [-0.2, -0.15) is 0 Å². The number of ether oxygens (including phenoxy) is 1. The van der Waals surface area contributed by atoms with E-state index in [1.807, 2.05) is 37.4 Å². The van der Waals surface area contributed by atoms with Gasteiger partial charge in [-0.05, 0) is 43.8 Å². The van der Waals surface area contributed by atoms with E-state index in [0.29, 0.717) is 12.1 Å². The molecule has 0 bridgehead atoms. The summed E-state index contributed by atoms with van der Waals surface area (Å²) in [5.41, 5.74) is 2.47. The number of carbonyl (C=O) groups excluding carboxylic acids is 1. The third kappa shape index (κ3) is 6.35. The Kier molecular flexibility index (Phi) is 10.8. The van der Waals surface area contributed by atoms with Crippen molar-refractivity contribution in [3.63, 3.8) is 0 Å². The molecule has 0 aliphatic heterocycles. The summed E-state index contributed by atoms with van der Waals surface area (Å²) in [6.07, 6.45) is 4.23. The van der Waals surface area contributed by atoms with Gasteiger partial charge in [0.05, 0.1) is 12.7 Å². The van der Waals surface area contributed by atoms with Crippen LogP contribution in [0.2, 0.25) is 0 Å². The first kappa shape index (κ1) is 22.2. The molecule has 2 N–H and O–H groups in total. The summed E-state index contributed by atoms with van der Waals surface area (Å²) in [4.78, 5) is 16.3. The van der Waals surface area contributed by atoms with Gasteiger partial charge >= 0.3 is 0 Å². The van der Waals surface area contributed by atoms with Gasteiger partial charge in [0, 0.05) is 24.5 Å². The van der Waals surface area contributed by atoms with Crippen molar-refractivity contribution in [2.24, 2.45) is 0 Å². The molecule has 132 valence electrons. The van der Waals surface area contributed by atoms with Crippen LogP contribution >= 0.6 is 24.8 Å². The molecule has 0 radical (unpaired) electrons. The van der Waals surface area contributed by atoms with Gasteiger partial charge < -0.3 is 15.4 Å². The molecule has 0 aliphatic carbocycles. The summed E-state index contributed by atoms with van der Waals surface area (Å²) >= 11 is 0. The molecule has 24 heavy (non-hydrogen) atoms. The Hall–Kier alpha value is -1.82. The minimum absolute atomic E-state index is 0. The molecule has 2 rings (SSSR count). The highest BCUT2D eigenvalue weighted by Crippen LogP contribution is 2.22. The zero-order valence-corrected chi connectivity index (χ0v) is 15.4. The van der Waals surface area contributed by atoms with Gasteiger partial charge in [0.1, 0.15) is 5.75 Å². The molecular formula is C17H23Cl2N3O2. The van der Waals surface area contributed by atoms with Crippen LogP contribution in [-0.2, 0) is 0 Å². The topological polar surface area (TPSA) is 63.2 Å². The third-order valence-corrected chi connectivity index (χ3v) is 3.31. The van der Waals surface area contributed by atoms with Gasteiger partial charge in [-0.1, -0.05) is 12.1 Å². The summed E-state index contributed by atoms with van der Waals surface area (Å²) in [5, 5.41) is 5.94. The van der Waals surface area contributed by atoms with E-state index in [4.69, 9.17) is 4.74 Å². The summed E-state index contributed by atoms with van der Waals surface area (Å²) < 4.78 is 5.15.